The molecule has 1 aromatic heterocycles. The first-order valence-electron chi connectivity index (χ1n) is 8.97. The van der Waals surface area contributed by atoms with E-state index >= 15 is 0 Å². The number of benzene rings is 2. The second-order valence-corrected chi connectivity index (χ2v) is 7.00. The monoisotopic (exact) mass is 333 g/mol. The molecule has 2 aromatic carbocycles. The highest BCUT2D eigenvalue weighted by molar-refractivity contribution is 5.83. The number of hydrogen-bond acceptors (Lipinski definition) is 3. The van der Waals surface area contributed by atoms with Crippen LogP contribution in [0.4, 0.5) is 0 Å². The molecule has 0 aliphatic heterocycles. The third-order valence-corrected chi connectivity index (χ3v) is 5.43. The first kappa shape index (κ1) is 16.1. The van der Waals surface area contributed by atoms with Crippen LogP contribution >= 0.6 is 0 Å². The van der Waals surface area contributed by atoms with Gasteiger partial charge in [-0.15, -0.1) is 0 Å². The molecule has 0 radical (unpaired) electrons. The summed E-state index contributed by atoms with van der Waals surface area (Å²) in [7, 11) is 0. The zero-order valence-electron chi connectivity index (χ0n) is 14.8. The Balaban J connectivity index is 1.66. The Morgan fingerprint density at radius 2 is 2.00 bits per heavy atom. The zero-order valence-corrected chi connectivity index (χ0v) is 14.8. The molecule has 0 unspecified atom stereocenters. The van der Waals surface area contributed by atoms with E-state index in [0.717, 1.165) is 34.9 Å². The highest BCUT2D eigenvalue weighted by Gasteiger charge is 2.19. The van der Waals surface area contributed by atoms with Gasteiger partial charge in [0.05, 0.1) is 0 Å². The number of nitrogens with one attached hydrogen (secondary N) is 1. The second kappa shape index (κ2) is 6.49. The van der Waals surface area contributed by atoms with Crippen LogP contribution < -0.4 is 10.9 Å². The maximum absolute atomic E-state index is 12.0. The first-order valence-corrected chi connectivity index (χ1v) is 8.97. The standard InChI is InChI=1S/C22H23NO2/c1-14-10-11-19-17(12-21(24)25-22(19)15(14)2)13-23-20-9-5-7-16-6-3-4-8-18(16)20/h3-4,6,8,10-12,20,23H,5,7,9,13H2,1-2H3/t20-/m1/s1. The zero-order chi connectivity index (χ0) is 17.4. The van der Waals surface area contributed by atoms with Gasteiger partial charge in [0, 0.05) is 24.0 Å². The fourth-order valence-corrected chi connectivity index (χ4v) is 3.87. The smallest absolute Gasteiger partial charge is 0.336 e. The van der Waals surface area contributed by atoms with Crippen molar-refractivity contribution in [1.29, 1.82) is 0 Å². The number of rotatable bonds is 3. The van der Waals surface area contributed by atoms with E-state index in [4.69, 9.17) is 4.42 Å². The predicted octanol–water partition coefficient (Wildman–Crippen LogP) is 4.58. The summed E-state index contributed by atoms with van der Waals surface area (Å²) in [6.45, 7) is 4.72. The van der Waals surface area contributed by atoms with Gasteiger partial charge in [-0.1, -0.05) is 36.4 Å². The fraction of sp³-hybridized carbons (Fsp3) is 0.318. The van der Waals surface area contributed by atoms with Crippen molar-refractivity contribution in [3.63, 3.8) is 0 Å². The Morgan fingerprint density at radius 3 is 2.88 bits per heavy atom. The van der Waals surface area contributed by atoms with Crippen LogP contribution in [0, 0.1) is 13.8 Å². The third kappa shape index (κ3) is 3.00. The van der Waals surface area contributed by atoms with E-state index in [1.165, 1.54) is 17.5 Å². The molecule has 0 bridgehead atoms. The average molecular weight is 333 g/mol. The van der Waals surface area contributed by atoms with Gasteiger partial charge in [0.1, 0.15) is 5.58 Å². The Morgan fingerprint density at radius 1 is 1.16 bits per heavy atom. The van der Waals surface area contributed by atoms with Gasteiger partial charge in [-0.3, -0.25) is 0 Å². The van der Waals surface area contributed by atoms with Crippen LogP contribution in [0.3, 0.4) is 0 Å². The maximum Gasteiger partial charge on any atom is 0.336 e. The van der Waals surface area contributed by atoms with Crippen LogP contribution in [0.5, 0.6) is 0 Å². The third-order valence-electron chi connectivity index (χ3n) is 5.43. The minimum absolute atomic E-state index is 0.276. The largest absolute Gasteiger partial charge is 0.422 e. The Labute approximate surface area is 147 Å². The molecule has 0 amide bonds. The summed E-state index contributed by atoms with van der Waals surface area (Å²) in [6.07, 6.45) is 3.49. The molecule has 3 nitrogen and oxygen atoms in total. The van der Waals surface area contributed by atoms with Crippen LogP contribution in [-0.4, -0.2) is 0 Å². The number of hydrogen-bond donors (Lipinski definition) is 1. The number of aryl methyl sites for hydroxylation is 3. The molecule has 1 atom stereocenters. The fourth-order valence-electron chi connectivity index (χ4n) is 3.87. The van der Waals surface area contributed by atoms with Crippen molar-refractivity contribution in [2.45, 2.75) is 45.7 Å². The Hall–Kier alpha value is -2.39. The van der Waals surface area contributed by atoms with E-state index in [0.29, 0.717) is 18.2 Å². The van der Waals surface area contributed by atoms with E-state index in [2.05, 4.69) is 41.7 Å². The van der Waals surface area contributed by atoms with Crippen molar-refractivity contribution in [2.24, 2.45) is 0 Å². The average Bonchev–Trinajstić information content (AvgIpc) is 2.63. The quantitative estimate of drug-likeness (QED) is 0.714. The van der Waals surface area contributed by atoms with Crippen molar-refractivity contribution < 1.29 is 4.42 Å². The molecule has 128 valence electrons. The van der Waals surface area contributed by atoms with Crippen molar-refractivity contribution >= 4 is 11.0 Å². The maximum atomic E-state index is 12.0. The lowest BCUT2D eigenvalue weighted by atomic mass is 9.87. The summed E-state index contributed by atoms with van der Waals surface area (Å²) in [6, 6.07) is 14.8. The van der Waals surface area contributed by atoms with E-state index in [1.807, 2.05) is 13.8 Å². The van der Waals surface area contributed by atoms with Gasteiger partial charge in [0.15, 0.2) is 0 Å². The summed E-state index contributed by atoms with van der Waals surface area (Å²) in [5.74, 6) is 0. The Kier molecular flexibility index (Phi) is 4.18. The van der Waals surface area contributed by atoms with Gasteiger partial charge in [-0.25, -0.2) is 4.79 Å². The molecule has 4 rings (SSSR count). The molecular weight excluding hydrogens is 310 g/mol. The minimum Gasteiger partial charge on any atom is -0.422 e. The van der Waals surface area contributed by atoms with Gasteiger partial charge < -0.3 is 9.73 Å². The van der Waals surface area contributed by atoms with Crippen molar-refractivity contribution in [3.05, 3.63) is 80.7 Å². The summed E-state index contributed by atoms with van der Waals surface area (Å²) in [5.41, 5.74) is 6.47. The van der Waals surface area contributed by atoms with Crippen LogP contribution in [0.1, 0.15) is 46.7 Å². The van der Waals surface area contributed by atoms with Crippen LogP contribution in [0.15, 0.2) is 51.7 Å². The van der Waals surface area contributed by atoms with Crippen LogP contribution in [0.2, 0.25) is 0 Å². The molecule has 1 heterocycles. The molecule has 0 saturated heterocycles. The van der Waals surface area contributed by atoms with Crippen LogP contribution in [-0.2, 0) is 13.0 Å². The molecule has 3 heteroatoms. The van der Waals surface area contributed by atoms with E-state index in [1.54, 1.807) is 6.07 Å². The number of fused-ring (bicyclic) bond motifs is 2. The first-order chi connectivity index (χ1) is 12.1. The van der Waals surface area contributed by atoms with Crippen molar-refractivity contribution in [3.8, 4) is 0 Å². The highest BCUT2D eigenvalue weighted by Crippen LogP contribution is 2.30. The molecular formula is C22H23NO2. The molecule has 3 aromatic rings. The second-order valence-electron chi connectivity index (χ2n) is 7.00. The lowest BCUT2D eigenvalue weighted by Gasteiger charge is -2.26. The molecule has 0 saturated carbocycles. The predicted molar refractivity (Wildman–Crippen MR) is 101 cm³/mol. The molecule has 0 spiro atoms. The summed E-state index contributed by atoms with van der Waals surface area (Å²) in [4.78, 5) is 12.0. The molecule has 1 aliphatic rings. The van der Waals surface area contributed by atoms with Crippen molar-refractivity contribution in [1.82, 2.24) is 5.32 Å². The van der Waals surface area contributed by atoms with Gasteiger partial charge in [-0.2, -0.15) is 0 Å². The lowest BCUT2D eigenvalue weighted by Crippen LogP contribution is -2.25. The molecule has 25 heavy (non-hydrogen) atoms. The van der Waals surface area contributed by atoms with Crippen LogP contribution in [0.25, 0.3) is 11.0 Å². The van der Waals surface area contributed by atoms with E-state index in [-0.39, 0.29) is 5.63 Å². The lowest BCUT2D eigenvalue weighted by molar-refractivity contribution is 0.458. The normalized spacial score (nSPS) is 16.8. The van der Waals surface area contributed by atoms with Crippen molar-refractivity contribution in [2.75, 3.05) is 0 Å². The summed E-state index contributed by atoms with van der Waals surface area (Å²) >= 11 is 0. The molecule has 0 fully saturated rings. The van der Waals surface area contributed by atoms with Gasteiger partial charge in [0.2, 0.25) is 0 Å². The van der Waals surface area contributed by atoms with Gasteiger partial charge in [-0.05, 0) is 60.9 Å². The van der Waals surface area contributed by atoms with E-state index in [9.17, 15) is 4.79 Å². The van der Waals surface area contributed by atoms with Gasteiger partial charge in [0.25, 0.3) is 0 Å². The Bertz CT molecular complexity index is 987. The van der Waals surface area contributed by atoms with Gasteiger partial charge >= 0.3 is 5.63 Å². The summed E-state index contributed by atoms with van der Waals surface area (Å²) < 4.78 is 5.48. The molecule has 1 N–H and O–H groups in total. The SMILES string of the molecule is Cc1ccc2c(CN[C@@H]3CCCc4ccccc43)cc(=O)oc2c1C. The minimum atomic E-state index is -0.276. The molecule has 1 aliphatic carbocycles. The highest BCUT2D eigenvalue weighted by atomic mass is 16.4. The summed E-state index contributed by atoms with van der Waals surface area (Å²) in [5, 5.41) is 4.69. The van der Waals surface area contributed by atoms with E-state index < -0.39 is 0 Å². The topological polar surface area (TPSA) is 42.2 Å².